The van der Waals surface area contributed by atoms with Crippen LogP contribution in [-0.2, 0) is 26.1 Å². The summed E-state index contributed by atoms with van der Waals surface area (Å²) in [7, 11) is -3.34. The molecule has 4 rings (SSSR count). The van der Waals surface area contributed by atoms with Crippen molar-refractivity contribution in [1.29, 1.82) is 0 Å². The van der Waals surface area contributed by atoms with Crippen LogP contribution in [0.5, 0.6) is 0 Å². The molecule has 1 aliphatic heterocycles. The largest absolute Gasteiger partial charge is 0.446 e. The molecule has 0 bridgehead atoms. The van der Waals surface area contributed by atoms with E-state index >= 15 is 0 Å². The predicted molar refractivity (Wildman–Crippen MR) is 106 cm³/mol. The Morgan fingerprint density at radius 2 is 2.03 bits per heavy atom. The van der Waals surface area contributed by atoms with Crippen molar-refractivity contribution >= 4 is 27.4 Å². The highest BCUT2D eigenvalue weighted by atomic mass is 32.2. The molecule has 1 amide bonds. The molecule has 32 heavy (non-hydrogen) atoms. The fraction of sp³-hybridized carbons (Fsp3) is 0.474. The lowest BCUT2D eigenvalue weighted by molar-refractivity contribution is -0.124. The fourth-order valence-electron chi connectivity index (χ4n) is 4.00. The summed E-state index contributed by atoms with van der Waals surface area (Å²) in [5, 5.41) is 11.4. The number of nitrogens with one attached hydrogen (secondary N) is 3. The van der Waals surface area contributed by atoms with Crippen molar-refractivity contribution < 1.29 is 35.5 Å². The van der Waals surface area contributed by atoms with Gasteiger partial charge in [0.15, 0.2) is 21.5 Å². The van der Waals surface area contributed by atoms with Crippen molar-refractivity contribution in [2.75, 3.05) is 11.9 Å². The Morgan fingerprint density at radius 1 is 1.25 bits per heavy atom. The SMILES string of the molecule is O=C(NCC(F)(F)F)O[C@H]1CC[C@@H](c2cc(Nc3ccc4c(c3F)CS(=O)(=O)C4)n[nH]2)C1. The topological polar surface area (TPSA) is 113 Å². The van der Waals surface area contributed by atoms with Crippen LogP contribution in [0, 0.1) is 5.82 Å². The summed E-state index contributed by atoms with van der Waals surface area (Å²) >= 11 is 0. The highest BCUT2D eigenvalue weighted by molar-refractivity contribution is 7.90. The molecule has 1 fully saturated rings. The number of sulfone groups is 1. The van der Waals surface area contributed by atoms with Gasteiger partial charge in [0.2, 0.25) is 0 Å². The van der Waals surface area contributed by atoms with E-state index in [9.17, 15) is 30.8 Å². The van der Waals surface area contributed by atoms with E-state index in [2.05, 4.69) is 15.5 Å². The maximum atomic E-state index is 14.7. The Kier molecular flexibility index (Phi) is 5.77. The maximum Gasteiger partial charge on any atom is 0.407 e. The summed E-state index contributed by atoms with van der Waals surface area (Å²) < 4.78 is 79.7. The second-order valence-electron chi connectivity index (χ2n) is 7.94. The Labute approximate surface area is 180 Å². The minimum Gasteiger partial charge on any atom is -0.446 e. The number of alkyl halides is 3. The van der Waals surface area contributed by atoms with Crippen LogP contribution in [-0.4, -0.2) is 43.5 Å². The number of amides is 1. The Hall–Kier alpha value is -2.83. The number of hydrogen-bond donors (Lipinski definition) is 3. The van der Waals surface area contributed by atoms with Crippen LogP contribution < -0.4 is 10.6 Å². The summed E-state index contributed by atoms with van der Waals surface area (Å²) in [6.45, 7) is -1.46. The molecule has 2 atom stereocenters. The van der Waals surface area contributed by atoms with Gasteiger partial charge in [0, 0.05) is 23.2 Å². The number of rotatable bonds is 5. The van der Waals surface area contributed by atoms with Gasteiger partial charge in [0.05, 0.1) is 17.2 Å². The number of ether oxygens (including phenoxy) is 1. The number of anilines is 2. The molecule has 1 aliphatic carbocycles. The van der Waals surface area contributed by atoms with E-state index in [0.29, 0.717) is 36.3 Å². The zero-order valence-electron chi connectivity index (χ0n) is 16.6. The van der Waals surface area contributed by atoms with Crippen molar-refractivity contribution in [1.82, 2.24) is 15.5 Å². The monoisotopic (exact) mass is 476 g/mol. The number of hydrogen-bond acceptors (Lipinski definition) is 6. The minimum atomic E-state index is -4.51. The molecule has 13 heteroatoms. The van der Waals surface area contributed by atoms with Crippen LogP contribution >= 0.6 is 0 Å². The van der Waals surface area contributed by atoms with Crippen molar-refractivity contribution in [2.45, 2.75) is 49.0 Å². The van der Waals surface area contributed by atoms with Gasteiger partial charge < -0.3 is 15.4 Å². The third-order valence-electron chi connectivity index (χ3n) is 5.47. The van der Waals surface area contributed by atoms with Gasteiger partial charge in [0.25, 0.3) is 0 Å². The summed E-state index contributed by atoms with van der Waals surface area (Å²) in [6.07, 6.45) is -4.63. The first kappa shape index (κ1) is 22.4. The van der Waals surface area contributed by atoms with Gasteiger partial charge in [0.1, 0.15) is 12.6 Å². The molecular formula is C19H20F4N4O4S. The highest BCUT2D eigenvalue weighted by Crippen LogP contribution is 2.37. The average molecular weight is 476 g/mol. The number of benzene rings is 1. The lowest BCUT2D eigenvalue weighted by Gasteiger charge is -2.14. The van der Waals surface area contributed by atoms with E-state index in [0.717, 1.165) is 0 Å². The smallest absolute Gasteiger partial charge is 0.407 e. The van der Waals surface area contributed by atoms with Gasteiger partial charge in [-0.25, -0.2) is 17.6 Å². The van der Waals surface area contributed by atoms with Crippen molar-refractivity contribution in [3.63, 3.8) is 0 Å². The van der Waals surface area contributed by atoms with E-state index in [1.54, 1.807) is 17.4 Å². The first-order chi connectivity index (χ1) is 15.0. The molecule has 2 aliphatic rings. The number of fused-ring (bicyclic) bond motifs is 1. The number of nitrogens with zero attached hydrogens (tertiary/aromatic N) is 1. The van der Waals surface area contributed by atoms with Crippen molar-refractivity contribution in [3.05, 3.63) is 40.8 Å². The predicted octanol–water partition coefficient (Wildman–Crippen LogP) is 3.65. The lowest BCUT2D eigenvalue weighted by Crippen LogP contribution is -2.35. The van der Waals surface area contributed by atoms with Gasteiger partial charge in [-0.1, -0.05) is 6.07 Å². The molecule has 0 saturated heterocycles. The standard InChI is InChI=1S/C19H20F4N4O4S/c20-17-13-8-32(29,30)7-11(13)2-4-14(17)25-16-6-15(26-27-16)10-1-3-12(5-10)31-18(28)24-9-19(21,22)23/h2,4,6,10,12H,1,3,5,7-9H2,(H,24,28)(H2,25,26,27)/t10-,12+/m1/s1. The first-order valence-electron chi connectivity index (χ1n) is 9.83. The van der Waals surface area contributed by atoms with Crippen LogP contribution in [0.3, 0.4) is 0 Å². The van der Waals surface area contributed by atoms with Crippen molar-refractivity contribution in [2.24, 2.45) is 0 Å². The Morgan fingerprint density at radius 3 is 2.78 bits per heavy atom. The van der Waals surface area contributed by atoms with Gasteiger partial charge in [-0.3, -0.25) is 5.10 Å². The zero-order chi connectivity index (χ0) is 23.1. The summed E-state index contributed by atoms with van der Waals surface area (Å²) in [4.78, 5) is 11.5. The quantitative estimate of drug-likeness (QED) is 0.568. The number of alkyl carbamates (subject to hydrolysis) is 1. The van der Waals surface area contributed by atoms with E-state index in [4.69, 9.17) is 4.74 Å². The Balaban J connectivity index is 1.35. The second-order valence-corrected chi connectivity index (χ2v) is 10.0. The molecule has 2 aromatic rings. The molecule has 0 radical (unpaired) electrons. The minimum absolute atomic E-state index is 0.0616. The van der Waals surface area contributed by atoms with Crippen LogP contribution in [0.4, 0.5) is 33.9 Å². The Bertz CT molecular complexity index is 1130. The van der Waals surface area contributed by atoms with E-state index in [-0.39, 0.29) is 28.7 Å². The van der Waals surface area contributed by atoms with Crippen LogP contribution in [0.15, 0.2) is 18.2 Å². The summed E-state index contributed by atoms with van der Waals surface area (Å²) in [5.74, 6) is -0.881. The highest BCUT2D eigenvalue weighted by Gasteiger charge is 2.32. The summed E-state index contributed by atoms with van der Waals surface area (Å²) in [5.41, 5.74) is 1.42. The van der Waals surface area contributed by atoms with E-state index in [1.807, 2.05) is 0 Å². The van der Waals surface area contributed by atoms with Gasteiger partial charge >= 0.3 is 12.3 Å². The van der Waals surface area contributed by atoms with E-state index in [1.165, 1.54) is 6.07 Å². The number of H-pyrrole nitrogens is 1. The van der Waals surface area contributed by atoms with Gasteiger partial charge in [-0.15, -0.1) is 0 Å². The number of aromatic nitrogens is 2. The third-order valence-corrected chi connectivity index (χ3v) is 6.95. The normalized spacial score (nSPS) is 21.9. The number of carbonyl (C=O) groups is 1. The molecule has 0 spiro atoms. The van der Waals surface area contributed by atoms with Crippen LogP contribution in [0.1, 0.15) is 42.0 Å². The molecular weight excluding hydrogens is 456 g/mol. The van der Waals surface area contributed by atoms with Gasteiger partial charge in [-0.2, -0.15) is 18.3 Å². The maximum absolute atomic E-state index is 14.7. The molecule has 174 valence electrons. The fourth-order valence-corrected chi connectivity index (χ4v) is 5.60. The molecule has 0 unspecified atom stereocenters. The third kappa shape index (κ3) is 5.14. The molecule has 1 saturated carbocycles. The van der Waals surface area contributed by atoms with Crippen LogP contribution in [0.2, 0.25) is 0 Å². The molecule has 2 heterocycles. The average Bonchev–Trinajstić information content (AvgIpc) is 3.40. The van der Waals surface area contributed by atoms with Crippen molar-refractivity contribution in [3.8, 4) is 0 Å². The number of aromatic amines is 1. The molecule has 1 aromatic heterocycles. The number of carbonyl (C=O) groups excluding carboxylic acids is 1. The van der Waals surface area contributed by atoms with E-state index < -0.39 is 40.6 Å². The second kappa shape index (κ2) is 8.26. The lowest BCUT2D eigenvalue weighted by atomic mass is 10.0. The molecule has 1 aromatic carbocycles. The summed E-state index contributed by atoms with van der Waals surface area (Å²) in [6, 6.07) is 4.70. The zero-order valence-corrected chi connectivity index (χ0v) is 17.4. The molecule has 3 N–H and O–H groups in total. The van der Waals surface area contributed by atoms with Gasteiger partial charge in [-0.05, 0) is 30.9 Å². The van der Waals surface area contributed by atoms with Crippen LogP contribution in [0.25, 0.3) is 0 Å². The number of halogens is 4. The molecule has 8 nitrogen and oxygen atoms in total. The first-order valence-corrected chi connectivity index (χ1v) is 11.7.